The Bertz CT molecular complexity index is 1180. The monoisotopic (exact) mass is 450 g/mol. The molecule has 0 saturated carbocycles. The van der Waals surface area contributed by atoms with Crippen molar-refractivity contribution in [2.45, 2.75) is 39.8 Å². The number of amides is 1. The highest BCUT2D eigenvalue weighted by atomic mass is 16.6. The fourth-order valence-electron chi connectivity index (χ4n) is 3.25. The van der Waals surface area contributed by atoms with E-state index in [2.05, 4.69) is 4.98 Å². The van der Waals surface area contributed by atoms with E-state index in [1.165, 1.54) is 11.8 Å². The summed E-state index contributed by atoms with van der Waals surface area (Å²) < 4.78 is 11.0. The summed E-state index contributed by atoms with van der Waals surface area (Å²) in [6.45, 7) is 6.57. The highest BCUT2D eigenvalue weighted by Gasteiger charge is 2.32. The first-order valence-electron chi connectivity index (χ1n) is 10.4. The van der Waals surface area contributed by atoms with Gasteiger partial charge in [-0.05, 0) is 45.4 Å². The molecule has 0 aliphatic rings. The van der Waals surface area contributed by atoms with Gasteiger partial charge in [0.2, 0.25) is 0 Å². The minimum atomic E-state index is -1.23. The van der Waals surface area contributed by atoms with Crippen LogP contribution in [0.4, 0.5) is 4.79 Å². The average molecular weight is 450 g/mol. The van der Waals surface area contributed by atoms with Gasteiger partial charge in [-0.1, -0.05) is 42.5 Å². The van der Waals surface area contributed by atoms with Crippen molar-refractivity contribution in [3.8, 4) is 5.75 Å². The molecule has 1 amide bonds. The maximum absolute atomic E-state index is 13.2. The molecule has 0 atom stereocenters. The van der Waals surface area contributed by atoms with Crippen molar-refractivity contribution in [1.29, 1.82) is 0 Å². The molecule has 8 nitrogen and oxygen atoms in total. The van der Waals surface area contributed by atoms with Crippen LogP contribution in [0, 0.1) is 6.92 Å². The van der Waals surface area contributed by atoms with Gasteiger partial charge in [-0.15, -0.1) is 0 Å². The highest BCUT2D eigenvalue weighted by Crippen LogP contribution is 2.31. The lowest BCUT2D eigenvalue weighted by atomic mass is 10.1. The molecule has 2 aromatic carbocycles. The molecule has 0 bridgehead atoms. The Morgan fingerprint density at radius 1 is 1.00 bits per heavy atom. The van der Waals surface area contributed by atoms with Crippen molar-refractivity contribution in [2.75, 3.05) is 6.54 Å². The van der Waals surface area contributed by atoms with Crippen LogP contribution in [0.25, 0.3) is 10.9 Å². The number of carbonyl (C=O) groups is 3. The molecule has 0 fully saturated rings. The molecular weight excluding hydrogens is 424 g/mol. The number of aromatic nitrogens is 1. The fourth-order valence-corrected chi connectivity index (χ4v) is 3.25. The summed E-state index contributed by atoms with van der Waals surface area (Å²) in [4.78, 5) is 42.7. The minimum absolute atomic E-state index is 0.0861. The number of rotatable bonds is 6. The van der Waals surface area contributed by atoms with Gasteiger partial charge in [0, 0.05) is 16.5 Å². The Hall–Kier alpha value is -3.94. The second-order valence-corrected chi connectivity index (χ2v) is 8.51. The number of fused-ring (bicyclic) bond motifs is 1. The molecule has 0 spiro atoms. The molecule has 33 heavy (non-hydrogen) atoms. The molecule has 0 radical (unpaired) electrons. The van der Waals surface area contributed by atoms with E-state index in [0.29, 0.717) is 10.9 Å². The van der Waals surface area contributed by atoms with Crippen LogP contribution >= 0.6 is 0 Å². The topological polar surface area (TPSA) is 106 Å². The average Bonchev–Trinajstić information content (AvgIpc) is 2.77. The Kier molecular flexibility index (Phi) is 6.96. The number of hydrogen-bond donors (Lipinski definition) is 1. The number of esters is 1. The van der Waals surface area contributed by atoms with E-state index in [1.54, 1.807) is 45.0 Å². The summed E-state index contributed by atoms with van der Waals surface area (Å²) in [6, 6.07) is 16.0. The lowest BCUT2D eigenvalue weighted by molar-refractivity contribution is -0.146. The largest absolute Gasteiger partial charge is 0.476 e. The van der Waals surface area contributed by atoms with Crippen LogP contribution in [0.15, 0.2) is 54.6 Å². The van der Waals surface area contributed by atoms with Gasteiger partial charge in [-0.25, -0.2) is 14.6 Å². The van der Waals surface area contributed by atoms with Gasteiger partial charge in [0.05, 0.1) is 5.52 Å². The van der Waals surface area contributed by atoms with Crippen molar-refractivity contribution >= 4 is 28.9 Å². The van der Waals surface area contributed by atoms with Crippen molar-refractivity contribution < 1.29 is 29.0 Å². The number of benzene rings is 2. The third kappa shape index (κ3) is 5.65. The zero-order valence-electron chi connectivity index (χ0n) is 19.0. The Balaban J connectivity index is 1.85. The van der Waals surface area contributed by atoms with E-state index in [-0.39, 0.29) is 30.2 Å². The predicted molar refractivity (Wildman–Crippen MR) is 122 cm³/mol. The number of ether oxygens (including phenoxy) is 2. The third-order valence-electron chi connectivity index (χ3n) is 5.03. The van der Waals surface area contributed by atoms with Crippen LogP contribution in [0.5, 0.6) is 5.75 Å². The van der Waals surface area contributed by atoms with E-state index in [0.717, 1.165) is 5.56 Å². The van der Waals surface area contributed by atoms with Crippen LogP contribution in [0.1, 0.15) is 42.4 Å². The summed E-state index contributed by atoms with van der Waals surface area (Å²) in [5.41, 5.74) is 0.453. The van der Waals surface area contributed by atoms with E-state index in [4.69, 9.17) is 9.47 Å². The number of carboxylic acid groups (broad SMARTS) is 1. The smallest absolute Gasteiger partial charge is 0.416 e. The lowest BCUT2D eigenvalue weighted by Crippen LogP contribution is -2.49. The summed E-state index contributed by atoms with van der Waals surface area (Å²) in [6.07, 6.45) is -0.796. The first-order chi connectivity index (χ1) is 15.6. The van der Waals surface area contributed by atoms with E-state index >= 15 is 0 Å². The van der Waals surface area contributed by atoms with E-state index in [1.807, 2.05) is 30.3 Å². The second-order valence-electron chi connectivity index (χ2n) is 8.51. The summed E-state index contributed by atoms with van der Waals surface area (Å²) in [5, 5.41) is 10.0. The molecular formula is C25H26N2O6. The van der Waals surface area contributed by atoms with Gasteiger partial charge in [-0.2, -0.15) is 0 Å². The number of carboxylic acids is 1. The molecule has 1 aromatic heterocycles. The standard InChI is InChI=1S/C25H26N2O6/c1-16-21(23(29)30)26-19-13-9-8-12-18(19)22(16)33-24(31)27(25(2,3)4)14-20(28)32-15-17-10-6-5-7-11-17/h5-13H,14-15H2,1-4H3,(H,29,30). The van der Waals surface area contributed by atoms with Crippen molar-refractivity contribution in [1.82, 2.24) is 9.88 Å². The minimum Gasteiger partial charge on any atom is -0.476 e. The molecule has 0 aliphatic carbocycles. The Morgan fingerprint density at radius 3 is 2.27 bits per heavy atom. The van der Waals surface area contributed by atoms with Gasteiger partial charge >= 0.3 is 18.0 Å². The first-order valence-corrected chi connectivity index (χ1v) is 10.4. The first kappa shape index (κ1) is 23.7. The number of pyridine rings is 1. The second kappa shape index (κ2) is 9.68. The number of aromatic carboxylic acids is 1. The third-order valence-corrected chi connectivity index (χ3v) is 5.03. The van der Waals surface area contributed by atoms with Crippen LogP contribution in [-0.2, 0) is 16.1 Å². The van der Waals surface area contributed by atoms with Gasteiger partial charge in [-0.3, -0.25) is 9.69 Å². The Labute approximate surface area is 191 Å². The maximum Gasteiger partial charge on any atom is 0.416 e. The summed E-state index contributed by atoms with van der Waals surface area (Å²) in [5.74, 6) is -1.73. The molecule has 0 aliphatic heterocycles. The predicted octanol–water partition coefficient (Wildman–Crippen LogP) is 4.58. The van der Waals surface area contributed by atoms with Gasteiger partial charge in [0.15, 0.2) is 5.69 Å². The van der Waals surface area contributed by atoms with E-state index < -0.39 is 23.6 Å². The van der Waals surface area contributed by atoms with Crippen LogP contribution in [0.3, 0.4) is 0 Å². The molecule has 3 aromatic rings. The van der Waals surface area contributed by atoms with Crippen LogP contribution in [0.2, 0.25) is 0 Å². The number of carbonyl (C=O) groups excluding carboxylic acids is 2. The summed E-state index contributed by atoms with van der Waals surface area (Å²) in [7, 11) is 0. The molecule has 0 saturated heterocycles. The molecule has 1 heterocycles. The van der Waals surface area contributed by atoms with Crippen LogP contribution in [-0.4, -0.2) is 45.1 Å². The molecule has 1 N–H and O–H groups in total. The molecule has 0 unspecified atom stereocenters. The molecule has 3 rings (SSSR count). The highest BCUT2D eigenvalue weighted by molar-refractivity contribution is 5.96. The number of nitrogens with zero attached hydrogens (tertiary/aromatic N) is 2. The van der Waals surface area contributed by atoms with Crippen LogP contribution < -0.4 is 4.74 Å². The Morgan fingerprint density at radius 2 is 1.64 bits per heavy atom. The zero-order chi connectivity index (χ0) is 24.2. The maximum atomic E-state index is 13.2. The van der Waals surface area contributed by atoms with Crippen molar-refractivity contribution in [3.05, 3.63) is 71.4 Å². The molecule has 8 heteroatoms. The van der Waals surface area contributed by atoms with Crippen molar-refractivity contribution in [3.63, 3.8) is 0 Å². The SMILES string of the molecule is Cc1c(C(=O)O)nc2ccccc2c1OC(=O)N(CC(=O)OCc1ccccc1)C(C)(C)C. The van der Waals surface area contributed by atoms with Gasteiger partial charge in [0.1, 0.15) is 18.9 Å². The summed E-state index contributed by atoms with van der Waals surface area (Å²) >= 11 is 0. The zero-order valence-corrected chi connectivity index (χ0v) is 19.0. The number of para-hydroxylation sites is 1. The van der Waals surface area contributed by atoms with Gasteiger partial charge in [0.25, 0.3) is 0 Å². The van der Waals surface area contributed by atoms with Crippen molar-refractivity contribution in [2.24, 2.45) is 0 Å². The number of hydrogen-bond acceptors (Lipinski definition) is 6. The fraction of sp³-hybridized carbons (Fsp3) is 0.280. The normalized spacial score (nSPS) is 11.2. The lowest BCUT2D eigenvalue weighted by Gasteiger charge is -2.34. The van der Waals surface area contributed by atoms with Gasteiger partial charge < -0.3 is 14.6 Å². The van der Waals surface area contributed by atoms with E-state index in [9.17, 15) is 19.5 Å². The quantitative estimate of drug-likeness (QED) is 0.548. The molecule has 172 valence electrons.